The summed E-state index contributed by atoms with van der Waals surface area (Å²) in [6.07, 6.45) is 3.53. The smallest absolute Gasteiger partial charge is 0.335 e. The number of hydrogen-bond donors (Lipinski definition) is 1. The van der Waals surface area contributed by atoms with Gasteiger partial charge in [0.2, 0.25) is 0 Å². The van der Waals surface area contributed by atoms with E-state index in [0.29, 0.717) is 10.8 Å². The van der Waals surface area contributed by atoms with Gasteiger partial charge in [0.05, 0.1) is 35.0 Å². The number of hydrogen-bond acceptors (Lipinski definition) is 4. The van der Waals surface area contributed by atoms with E-state index in [9.17, 15) is 9.90 Å². The molecule has 0 amide bonds. The van der Waals surface area contributed by atoms with Crippen molar-refractivity contribution in [3.05, 3.63) is 77.2 Å². The summed E-state index contributed by atoms with van der Waals surface area (Å²) in [7, 11) is 1.57. The molecule has 5 nitrogen and oxygen atoms in total. The highest BCUT2D eigenvalue weighted by atomic mass is 35.5. The van der Waals surface area contributed by atoms with Crippen LogP contribution in [0.25, 0.3) is 16.6 Å². The molecule has 0 atom stereocenters. The number of aromatic nitrogens is 2. The van der Waals surface area contributed by atoms with Crippen molar-refractivity contribution in [2.45, 2.75) is 16.7 Å². The zero-order valence-electron chi connectivity index (χ0n) is 15.7. The van der Waals surface area contributed by atoms with Gasteiger partial charge >= 0.3 is 5.97 Å². The number of benzene rings is 2. The Labute approximate surface area is 176 Å². The Bertz CT molecular complexity index is 1220. The molecule has 0 aliphatic rings. The lowest BCUT2D eigenvalue weighted by molar-refractivity contribution is 0.0696. The van der Waals surface area contributed by atoms with Crippen molar-refractivity contribution in [1.82, 2.24) is 9.55 Å². The lowest BCUT2D eigenvalue weighted by atomic mass is 10.2. The molecule has 0 saturated carbocycles. The maximum atomic E-state index is 11.4. The maximum Gasteiger partial charge on any atom is 0.335 e. The van der Waals surface area contributed by atoms with Gasteiger partial charge in [-0.1, -0.05) is 29.4 Å². The van der Waals surface area contributed by atoms with Crippen LogP contribution in [0.1, 0.15) is 16.1 Å². The number of aromatic carboxylic acids is 1. The molecule has 0 spiro atoms. The van der Waals surface area contributed by atoms with Crippen molar-refractivity contribution < 1.29 is 14.6 Å². The average molecular weight is 425 g/mol. The normalized spacial score (nSPS) is 11.0. The lowest BCUT2D eigenvalue weighted by Gasteiger charge is -2.10. The summed E-state index contributed by atoms with van der Waals surface area (Å²) in [5.74, 6) is -0.355. The first-order valence-corrected chi connectivity index (χ1v) is 9.99. The molecule has 2 heterocycles. The van der Waals surface area contributed by atoms with Crippen molar-refractivity contribution in [2.24, 2.45) is 0 Å². The standard InChI is InChI=1S/C22H17ClN2O3S/c1-13-21(29-20-10-14(22(26)27)5-8-19(20)28-2)17-7-6-15(23)11-18(17)25(13)16-4-3-9-24-12-16/h3-12H,1-2H3,(H,26,27). The third-order valence-electron chi connectivity index (χ3n) is 4.64. The molecule has 0 aliphatic carbocycles. The number of carboxylic acids is 1. The molecular formula is C22H17ClN2O3S. The largest absolute Gasteiger partial charge is 0.496 e. The van der Waals surface area contributed by atoms with Crippen LogP contribution in [-0.4, -0.2) is 27.7 Å². The zero-order valence-corrected chi connectivity index (χ0v) is 17.3. The van der Waals surface area contributed by atoms with Crippen LogP contribution in [0, 0.1) is 6.92 Å². The number of pyridine rings is 1. The highest BCUT2D eigenvalue weighted by Gasteiger charge is 2.19. The highest BCUT2D eigenvalue weighted by molar-refractivity contribution is 7.99. The van der Waals surface area contributed by atoms with E-state index in [1.807, 2.05) is 37.3 Å². The van der Waals surface area contributed by atoms with E-state index in [2.05, 4.69) is 9.55 Å². The minimum absolute atomic E-state index is 0.213. The number of halogens is 1. The van der Waals surface area contributed by atoms with E-state index in [4.69, 9.17) is 16.3 Å². The molecule has 0 unspecified atom stereocenters. The Balaban J connectivity index is 1.93. The quantitative estimate of drug-likeness (QED) is 0.435. The Kier molecular flexibility index (Phi) is 5.22. The zero-order chi connectivity index (χ0) is 20.5. The van der Waals surface area contributed by atoms with Crippen LogP contribution in [0.3, 0.4) is 0 Å². The molecule has 146 valence electrons. The topological polar surface area (TPSA) is 64.3 Å². The molecule has 0 radical (unpaired) electrons. The molecule has 7 heteroatoms. The molecule has 2 aromatic carbocycles. The summed E-state index contributed by atoms with van der Waals surface area (Å²) in [4.78, 5) is 17.4. The third kappa shape index (κ3) is 3.57. The predicted octanol–water partition coefficient (Wildman–Crippen LogP) is 5.85. The number of carboxylic acid groups (broad SMARTS) is 1. The SMILES string of the molecule is COc1ccc(C(=O)O)cc1Sc1c(C)n(-c2cccnc2)c2cc(Cl)ccc12. The molecule has 4 rings (SSSR count). The fourth-order valence-corrected chi connectivity index (χ4v) is 4.65. The number of nitrogens with zero attached hydrogens (tertiary/aromatic N) is 2. The van der Waals surface area contributed by atoms with E-state index in [0.717, 1.165) is 32.1 Å². The van der Waals surface area contributed by atoms with Crippen LogP contribution in [0.5, 0.6) is 5.75 Å². The van der Waals surface area contributed by atoms with Gasteiger partial charge in [0.25, 0.3) is 0 Å². The van der Waals surface area contributed by atoms with E-state index in [1.54, 1.807) is 31.6 Å². The van der Waals surface area contributed by atoms with E-state index >= 15 is 0 Å². The molecular weight excluding hydrogens is 408 g/mol. The second-order valence-corrected chi connectivity index (χ2v) is 7.88. The van der Waals surface area contributed by atoms with Gasteiger partial charge in [-0.2, -0.15) is 0 Å². The summed E-state index contributed by atoms with van der Waals surface area (Å²) in [5, 5.41) is 11.0. The van der Waals surface area contributed by atoms with Crippen molar-refractivity contribution >= 4 is 40.2 Å². The summed E-state index contributed by atoms with van der Waals surface area (Å²) in [6.45, 7) is 2.02. The number of ether oxygens (including phenoxy) is 1. The average Bonchev–Trinajstić information content (AvgIpc) is 2.99. The van der Waals surface area contributed by atoms with Crippen LogP contribution in [0.4, 0.5) is 0 Å². The van der Waals surface area contributed by atoms with Gasteiger partial charge in [-0.3, -0.25) is 4.98 Å². The molecule has 0 fully saturated rings. The van der Waals surface area contributed by atoms with Gasteiger partial charge in [0.15, 0.2) is 0 Å². The van der Waals surface area contributed by atoms with Gasteiger partial charge in [0, 0.05) is 27.2 Å². The maximum absolute atomic E-state index is 11.4. The van der Waals surface area contributed by atoms with Crippen molar-refractivity contribution in [2.75, 3.05) is 7.11 Å². The fourth-order valence-electron chi connectivity index (χ4n) is 3.31. The van der Waals surface area contributed by atoms with E-state index < -0.39 is 5.97 Å². The Hall–Kier alpha value is -2.96. The van der Waals surface area contributed by atoms with Crippen LogP contribution >= 0.6 is 23.4 Å². The monoisotopic (exact) mass is 424 g/mol. The van der Waals surface area contributed by atoms with E-state index in [-0.39, 0.29) is 5.56 Å². The first kappa shape index (κ1) is 19.4. The van der Waals surface area contributed by atoms with Gasteiger partial charge in [-0.25, -0.2) is 4.79 Å². The fraction of sp³-hybridized carbons (Fsp3) is 0.0909. The van der Waals surface area contributed by atoms with Crippen LogP contribution in [-0.2, 0) is 0 Å². The van der Waals surface area contributed by atoms with Crippen molar-refractivity contribution in [1.29, 1.82) is 0 Å². The third-order valence-corrected chi connectivity index (χ3v) is 6.13. The highest BCUT2D eigenvalue weighted by Crippen LogP contribution is 2.43. The van der Waals surface area contributed by atoms with Crippen LogP contribution < -0.4 is 4.74 Å². The lowest BCUT2D eigenvalue weighted by Crippen LogP contribution is -1.98. The summed E-state index contributed by atoms with van der Waals surface area (Å²) < 4.78 is 7.56. The number of methoxy groups -OCH3 is 1. The Morgan fingerprint density at radius 2 is 2.03 bits per heavy atom. The van der Waals surface area contributed by atoms with Gasteiger partial charge < -0.3 is 14.4 Å². The summed E-state index contributed by atoms with van der Waals surface area (Å²) in [6, 6.07) is 14.5. The number of fused-ring (bicyclic) bond motifs is 1. The Morgan fingerprint density at radius 3 is 2.72 bits per heavy atom. The van der Waals surface area contributed by atoms with E-state index in [1.165, 1.54) is 17.8 Å². The van der Waals surface area contributed by atoms with Crippen molar-refractivity contribution in [3.8, 4) is 11.4 Å². The van der Waals surface area contributed by atoms with Crippen LogP contribution in [0.2, 0.25) is 5.02 Å². The summed E-state index contributed by atoms with van der Waals surface area (Å²) >= 11 is 7.76. The molecule has 29 heavy (non-hydrogen) atoms. The Morgan fingerprint density at radius 1 is 1.21 bits per heavy atom. The first-order chi connectivity index (χ1) is 14.0. The number of rotatable bonds is 5. The number of carbonyl (C=O) groups is 1. The van der Waals surface area contributed by atoms with Crippen molar-refractivity contribution in [3.63, 3.8) is 0 Å². The molecule has 2 aromatic heterocycles. The second-order valence-electron chi connectivity index (χ2n) is 6.40. The molecule has 1 N–H and O–H groups in total. The molecule has 0 aliphatic heterocycles. The van der Waals surface area contributed by atoms with Gasteiger partial charge in [-0.15, -0.1) is 0 Å². The second kappa shape index (κ2) is 7.81. The molecule has 0 saturated heterocycles. The molecule has 4 aromatic rings. The molecule has 0 bridgehead atoms. The predicted molar refractivity (Wildman–Crippen MR) is 115 cm³/mol. The van der Waals surface area contributed by atoms with Crippen LogP contribution in [0.15, 0.2) is 70.7 Å². The minimum Gasteiger partial charge on any atom is -0.496 e. The first-order valence-electron chi connectivity index (χ1n) is 8.79. The minimum atomic E-state index is -0.976. The van der Waals surface area contributed by atoms with Gasteiger partial charge in [-0.05, 0) is 49.4 Å². The summed E-state index contributed by atoms with van der Waals surface area (Å²) in [5.41, 5.74) is 3.10. The van der Waals surface area contributed by atoms with Gasteiger partial charge in [0.1, 0.15) is 5.75 Å².